The minimum Gasteiger partial charge on any atom is -0.396 e. The van der Waals surface area contributed by atoms with E-state index in [1.165, 1.54) is 18.2 Å². The number of rotatable bonds is 2. The van der Waals surface area contributed by atoms with Crippen molar-refractivity contribution < 1.29 is 9.18 Å². The molecule has 0 aliphatic rings. The quantitative estimate of drug-likeness (QED) is 0.721. The third-order valence-electron chi connectivity index (χ3n) is 2.43. The van der Waals surface area contributed by atoms with Crippen LogP contribution in [0.3, 0.4) is 0 Å². The lowest BCUT2D eigenvalue weighted by atomic mass is 10.2. The smallest absolute Gasteiger partial charge is 0.323 e. The number of anilines is 3. The van der Waals surface area contributed by atoms with Gasteiger partial charge < -0.3 is 16.4 Å². The molecule has 0 unspecified atom stereocenters. The Morgan fingerprint density at radius 3 is 2.55 bits per heavy atom. The maximum absolute atomic E-state index is 13.0. The van der Waals surface area contributed by atoms with E-state index in [0.29, 0.717) is 21.4 Å². The van der Waals surface area contributed by atoms with Crippen LogP contribution in [0.5, 0.6) is 0 Å². The lowest BCUT2D eigenvalue weighted by Crippen LogP contribution is -2.19. The molecule has 4 N–H and O–H groups in total. The highest BCUT2D eigenvalue weighted by Crippen LogP contribution is 2.25. The maximum atomic E-state index is 13.0. The van der Waals surface area contributed by atoms with Crippen LogP contribution in [0.2, 0.25) is 10.0 Å². The van der Waals surface area contributed by atoms with Crippen LogP contribution in [-0.2, 0) is 0 Å². The zero-order chi connectivity index (χ0) is 14.7. The summed E-state index contributed by atoms with van der Waals surface area (Å²) < 4.78 is 13.0. The monoisotopic (exact) mass is 313 g/mol. The van der Waals surface area contributed by atoms with Crippen molar-refractivity contribution in [3.63, 3.8) is 0 Å². The van der Waals surface area contributed by atoms with E-state index in [1.807, 2.05) is 0 Å². The van der Waals surface area contributed by atoms with Crippen molar-refractivity contribution in [2.45, 2.75) is 0 Å². The van der Waals surface area contributed by atoms with Gasteiger partial charge in [-0.2, -0.15) is 0 Å². The van der Waals surface area contributed by atoms with Gasteiger partial charge in [0.05, 0.1) is 16.4 Å². The first-order valence-electron chi connectivity index (χ1n) is 5.54. The number of benzene rings is 2. The largest absolute Gasteiger partial charge is 0.396 e. The second-order valence-corrected chi connectivity index (χ2v) is 4.78. The number of urea groups is 1. The highest BCUT2D eigenvalue weighted by Gasteiger charge is 2.08. The molecule has 0 spiro atoms. The number of hydrogen-bond donors (Lipinski definition) is 3. The Kier molecular flexibility index (Phi) is 4.32. The molecule has 0 atom stereocenters. The summed E-state index contributed by atoms with van der Waals surface area (Å²) in [6.45, 7) is 0. The molecule has 0 aliphatic heterocycles. The molecule has 0 radical (unpaired) electrons. The van der Waals surface area contributed by atoms with Gasteiger partial charge in [-0.3, -0.25) is 0 Å². The highest BCUT2D eigenvalue weighted by molar-refractivity contribution is 6.35. The zero-order valence-electron chi connectivity index (χ0n) is 10.1. The van der Waals surface area contributed by atoms with Gasteiger partial charge >= 0.3 is 6.03 Å². The Labute approximate surface area is 124 Å². The molecule has 0 aliphatic carbocycles. The molecule has 0 aromatic heterocycles. The van der Waals surface area contributed by atoms with E-state index in [2.05, 4.69) is 10.6 Å². The molecule has 0 saturated heterocycles. The molecule has 104 valence electrons. The van der Waals surface area contributed by atoms with Crippen molar-refractivity contribution in [2.75, 3.05) is 16.4 Å². The Morgan fingerprint density at radius 1 is 1.10 bits per heavy atom. The second kappa shape index (κ2) is 5.98. The van der Waals surface area contributed by atoms with Gasteiger partial charge in [-0.05, 0) is 36.4 Å². The highest BCUT2D eigenvalue weighted by atomic mass is 35.5. The van der Waals surface area contributed by atoms with E-state index >= 15 is 0 Å². The third-order valence-corrected chi connectivity index (χ3v) is 3.00. The molecule has 0 fully saturated rings. The van der Waals surface area contributed by atoms with Crippen molar-refractivity contribution in [1.82, 2.24) is 0 Å². The van der Waals surface area contributed by atoms with Gasteiger partial charge in [0.2, 0.25) is 0 Å². The van der Waals surface area contributed by atoms with Gasteiger partial charge in [0.1, 0.15) is 5.82 Å². The average molecular weight is 314 g/mol. The van der Waals surface area contributed by atoms with E-state index in [1.54, 1.807) is 12.1 Å². The normalized spacial score (nSPS) is 10.2. The first kappa shape index (κ1) is 14.4. The topological polar surface area (TPSA) is 67.1 Å². The van der Waals surface area contributed by atoms with Gasteiger partial charge in [-0.25, -0.2) is 9.18 Å². The molecule has 0 saturated carbocycles. The molecule has 0 heterocycles. The zero-order valence-corrected chi connectivity index (χ0v) is 11.6. The molecule has 7 heteroatoms. The number of hydrogen-bond acceptors (Lipinski definition) is 2. The molecule has 4 nitrogen and oxygen atoms in total. The van der Waals surface area contributed by atoms with Gasteiger partial charge in [0, 0.05) is 10.7 Å². The summed E-state index contributed by atoms with van der Waals surface area (Å²) in [6, 6.07) is 8.02. The maximum Gasteiger partial charge on any atom is 0.323 e. The Bertz CT molecular complexity index is 664. The molecule has 2 amide bonds. The van der Waals surface area contributed by atoms with Gasteiger partial charge in [-0.1, -0.05) is 23.2 Å². The van der Waals surface area contributed by atoms with Crippen LogP contribution < -0.4 is 16.4 Å². The van der Waals surface area contributed by atoms with E-state index < -0.39 is 11.8 Å². The fraction of sp³-hybridized carbons (Fsp3) is 0. The van der Waals surface area contributed by atoms with E-state index in [0.717, 1.165) is 6.07 Å². The molecule has 2 aromatic carbocycles. The first-order chi connectivity index (χ1) is 9.45. The van der Waals surface area contributed by atoms with E-state index in [9.17, 15) is 9.18 Å². The Balaban J connectivity index is 2.09. The predicted octanol–water partition coefficient (Wildman–Crippen LogP) is 4.36. The van der Waals surface area contributed by atoms with Crippen LogP contribution >= 0.6 is 23.2 Å². The lowest BCUT2D eigenvalue weighted by molar-refractivity contribution is 0.262. The molecule has 2 aromatic rings. The number of nitrogens with two attached hydrogens (primary N) is 1. The third kappa shape index (κ3) is 3.53. The number of carbonyl (C=O) groups is 1. The minimum absolute atomic E-state index is 0.0522. The van der Waals surface area contributed by atoms with Gasteiger partial charge in [0.15, 0.2) is 0 Å². The SMILES string of the molecule is Nc1cc(NC(=O)Nc2cc(Cl)ccc2Cl)ccc1F. The molecular weight excluding hydrogens is 304 g/mol. The molecule has 2 rings (SSSR count). The Morgan fingerprint density at radius 2 is 1.85 bits per heavy atom. The van der Waals surface area contributed by atoms with E-state index in [-0.39, 0.29) is 5.69 Å². The number of nitrogen functional groups attached to an aromatic ring is 1. The van der Waals surface area contributed by atoms with E-state index in [4.69, 9.17) is 28.9 Å². The fourth-order valence-corrected chi connectivity index (χ4v) is 1.84. The van der Waals surface area contributed by atoms with Gasteiger partial charge in [0.25, 0.3) is 0 Å². The summed E-state index contributed by atoms with van der Waals surface area (Å²) in [4.78, 5) is 11.8. The van der Waals surface area contributed by atoms with Crippen molar-refractivity contribution in [3.8, 4) is 0 Å². The lowest BCUT2D eigenvalue weighted by Gasteiger charge is -2.10. The molecular formula is C13H10Cl2FN3O. The standard InChI is InChI=1S/C13H10Cl2FN3O/c14-7-1-3-9(15)12(5-7)19-13(20)18-8-2-4-10(16)11(17)6-8/h1-6H,17H2,(H2,18,19,20). The average Bonchev–Trinajstić information content (AvgIpc) is 2.38. The summed E-state index contributed by atoms with van der Waals surface area (Å²) in [5.41, 5.74) is 6.08. The van der Waals surface area contributed by atoms with Crippen LogP contribution in [0.15, 0.2) is 36.4 Å². The Hall–Kier alpha value is -1.98. The van der Waals surface area contributed by atoms with Crippen molar-refractivity contribution >= 4 is 46.3 Å². The molecule has 20 heavy (non-hydrogen) atoms. The number of halogens is 3. The summed E-state index contributed by atoms with van der Waals surface area (Å²) in [5, 5.41) is 5.83. The summed E-state index contributed by atoms with van der Waals surface area (Å²) in [5.74, 6) is -0.547. The minimum atomic E-state index is -0.547. The first-order valence-corrected chi connectivity index (χ1v) is 6.29. The van der Waals surface area contributed by atoms with Crippen molar-refractivity contribution in [1.29, 1.82) is 0 Å². The summed E-state index contributed by atoms with van der Waals surface area (Å²) >= 11 is 11.7. The van der Waals surface area contributed by atoms with Crippen LogP contribution in [0, 0.1) is 5.82 Å². The second-order valence-electron chi connectivity index (χ2n) is 3.94. The van der Waals surface area contributed by atoms with Crippen molar-refractivity contribution in [2.24, 2.45) is 0 Å². The van der Waals surface area contributed by atoms with Gasteiger partial charge in [-0.15, -0.1) is 0 Å². The van der Waals surface area contributed by atoms with Crippen LogP contribution in [0.25, 0.3) is 0 Å². The van der Waals surface area contributed by atoms with Crippen molar-refractivity contribution in [3.05, 3.63) is 52.3 Å². The summed E-state index contributed by atoms with van der Waals surface area (Å²) in [7, 11) is 0. The number of nitrogens with one attached hydrogen (secondary N) is 2. The predicted molar refractivity (Wildman–Crippen MR) is 79.9 cm³/mol. The summed E-state index contributed by atoms with van der Waals surface area (Å²) in [6.07, 6.45) is 0. The van der Waals surface area contributed by atoms with Crippen LogP contribution in [-0.4, -0.2) is 6.03 Å². The molecule has 0 bridgehead atoms. The van der Waals surface area contributed by atoms with Crippen LogP contribution in [0.4, 0.5) is 26.2 Å². The van der Waals surface area contributed by atoms with Crippen LogP contribution in [0.1, 0.15) is 0 Å². The fourth-order valence-electron chi connectivity index (χ4n) is 1.50. The number of carbonyl (C=O) groups excluding carboxylic acids is 1. The number of amides is 2.